The van der Waals surface area contributed by atoms with Crippen LogP contribution in [0, 0.1) is 0 Å². The third-order valence-electron chi connectivity index (χ3n) is 1.73. The molecule has 0 saturated heterocycles. The number of carbonyl (C=O) groups is 1. The van der Waals surface area contributed by atoms with Crippen LogP contribution in [-0.4, -0.2) is 24.6 Å². The molecule has 4 nitrogen and oxygen atoms in total. The average Bonchev–Trinajstić information content (AvgIpc) is 2.25. The number of rotatable bonds is 3. The number of alkyl halides is 3. The number of esters is 1. The lowest BCUT2D eigenvalue weighted by molar-refractivity contribution is -0.138. The first kappa shape index (κ1) is 12.3. The van der Waals surface area contributed by atoms with Crippen LogP contribution in [0.25, 0.3) is 0 Å². The summed E-state index contributed by atoms with van der Waals surface area (Å²) in [6.07, 6.45) is -2.54. The molecule has 0 fully saturated rings. The molecule has 0 saturated carbocycles. The highest BCUT2D eigenvalue weighted by atomic mass is 19.4. The number of anilines is 1. The summed E-state index contributed by atoms with van der Waals surface area (Å²) >= 11 is 0. The Balaban J connectivity index is 2.72. The number of nitrogens with one attached hydrogen (secondary N) is 1. The smallest absolute Gasteiger partial charge is 0.417 e. The Morgan fingerprint density at radius 1 is 1.50 bits per heavy atom. The monoisotopic (exact) mass is 234 g/mol. The van der Waals surface area contributed by atoms with Gasteiger partial charge in [-0.05, 0) is 6.07 Å². The maximum atomic E-state index is 12.3. The summed E-state index contributed by atoms with van der Waals surface area (Å²) < 4.78 is 41.1. The number of hydrogen-bond donors (Lipinski definition) is 1. The molecule has 0 radical (unpaired) electrons. The zero-order valence-corrected chi connectivity index (χ0v) is 8.34. The van der Waals surface area contributed by atoms with Gasteiger partial charge in [-0.15, -0.1) is 0 Å². The first-order chi connectivity index (χ1) is 7.43. The van der Waals surface area contributed by atoms with Crippen LogP contribution in [0.2, 0.25) is 0 Å². The van der Waals surface area contributed by atoms with Crippen LogP contribution < -0.4 is 5.32 Å². The molecule has 1 N–H and O–H groups in total. The number of halogens is 3. The Hall–Kier alpha value is -1.79. The Morgan fingerprint density at radius 2 is 2.19 bits per heavy atom. The topological polar surface area (TPSA) is 51.2 Å². The van der Waals surface area contributed by atoms with E-state index in [-0.39, 0.29) is 12.2 Å². The van der Waals surface area contributed by atoms with Crippen LogP contribution in [0.15, 0.2) is 18.5 Å². The molecule has 0 bridgehead atoms. The number of methoxy groups -OCH3 is 1. The maximum Gasteiger partial charge on any atom is 0.417 e. The van der Waals surface area contributed by atoms with E-state index in [2.05, 4.69) is 15.0 Å². The van der Waals surface area contributed by atoms with Gasteiger partial charge in [0, 0.05) is 12.4 Å². The van der Waals surface area contributed by atoms with Gasteiger partial charge in [0.2, 0.25) is 0 Å². The molecule has 0 aliphatic rings. The van der Waals surface area contributed by atoms with Gasteiger partial charge in [-0.25, -0.2) is 0 Å². The molecule has 0 aliphatic heterocycles. The van der Waals surface area contributed by atoms with Gasteiger partial charge in [-0.3, -0.25) is 9.78 Å². The quantitative estimate of drug-likeness (QED) is 0.808. The van der Waals surface area contributed by atoms with Gasteiger partial charge in [0.1, 0.15) is 6.54 Å². The molecule has 16 heavy (non-hydrogen) atoms. The molecule has 1 rings (SSSR count). The van der Waals surface area contributed by atoms with Gasteiger partial charge in [-0.1, -0.05) is 0 Å². The molecule has 1 aromatic rings. The second-order valence-electron chi connectivity index (χ2n) is 2.89. The van der Waals surface area contributed by atoms with Gasteiger partial charge in [0.05, 0.1) is 18.4 Å². The van der Waals surface area contributed by atoms with E-state index in [1.165, 1.54) is 13.3 Å². The van der Waals surface area contributed by atoms with Crippen LogP contribution in [0.3, 0.4) is 0 Å². The van der Waals surface area contributed by atoms with Crippen LogP contribution in [0.1, 0.15) is 5.56 Å². The molecule has 0 spiro atoms. The second kappa shape index (κ2) is 4.82. The van der Waals surface area contributed by atoms with Crippen molar-refractivity contribution in [3.05, 3.63) is 24.0 Å². The summed E-state index contributed by atoms with van der Waals surface area (Å²) in [5.41, 5.74) is -0.761. The van der Waals surface area contributed by atoms with Crippen molar-refractivity contribution in [1.29, 1.82) is 0 Å². The number of carbonyl (C=O) groups excluding carboxylic acids is 1. The molecule has 1 aromatic heterocycles. The van der Waals surface area contributed by atoms with Gasteiger partial charge >= 0.3 is 12.1 Å². The Morgan fingerprint density at radius 3 is 2.75 bits per heavy atom. The van der Waals surface area contributed by atoms with Gasteiger partial charge < -0.3 is 10.1 Å². The van der Waals surface area contributed by atoms with Crippen molar-refractivity contribution in [3.63, 3.8) is 0 Å². The van der Waals surface area contributed by atoms with Crippen molar-refractivity contribution in [2.24, 2.45) is 0 Å². The van der Waals surface area contributed by atoms with Crippen molar-refractivity contribution >= 4 is 11.7 Å². The van der Waals surface area contributed by atoms with Crippen molar-refractivity contribution in [2.75, 3.05) is 19.0 Å². The average molecular weight is 234 g/mol. The number of aromatic nitrogens is 1. The fourth-order valence-corrected chi connectivity index (χ4v) is 0.938. The molecule has 7 heteroatoms. The zero-order valence-electron chi connectivity index (χ0n) is 8.34. The van der Waals surface area contributed by atoms with Gasteiger partial charge in [0.15, 0.2) is 0 Å². The highest BCUT2D eigenvalue weighted by molar-refractivity contribution is 5.74. The molecule has 0 aliphatic carbocycles. The highest BCUT2D eigenvalue weighted by Gasteiger charge is 2.31. The summed E-state index contributed by atoms with van der Waals surface area (Å²) in [5, 5.41) is 2.47. The number of pyridine rings is 1. The van der Waals surface area contributed by atoms with Gasteiger partial charge in [0.25, 0.3) is 0 Å². The second-order valence-corrected chi connectivity index (χ2v) is 2.89. The third-order valence-corrected chi connectivity index (χ3v) is 1.73. The summed E-state index contributed by atoms with van der Waals surface area (Å²) in [5.74, 6) is -0.572. The van der Waals surface area contributed by atoms with Crippen LogP contribution in [0.5, 0.6) is 0 Å². The van der Waals surface area contributed by atoms with Gasteiger partial charge in [-0.2, -0.15) is 13.2 Å². The summed E-state index contributed by atoms with van der Waals surface area (Å²) in [4.78, 5) is 14.2. The fourth-order valence-electron chi connectivity index (χ4n) is 0.938. The lowest BCUT2D eigenvalue weighted by Gasteiger charge is -2.09. The molecular weight excluding hydrogens is 225 g/mol. The third kappa shape index (κ3) is 3.41. The number of hydrogen-bond acceptors (Lipinski definition) is 4. The first-order valence-corrected chi connectivity index (χ1v) is 4.26. The highest BCUT2D eigenvalue weighted by Crippen LogP contribution is 2.29. The Labute approximate surface area is 89.4 Å². The van der Waals surface area contributed by atoms with E-state index in [1.54, 1.807) is 0 Å². The minimum atomic E-state index is -4.45. The standard InChI is InChI=1S/C9H9F3N2O2/c1-16-8(15)5-14-7-2-6(3-13-4-7)9(10,11)12/h2-4,14H,5H2,1H3. The van der Waals surface area contributed by atoms with E-state index in [0.717, 1.165) is 6.07 Å². The van der Waals surface area contributed by atoms with E-state index in [4.69, 9.17) is 0 Å². The van der Waals surface area contributed by atoms with E-state index in [0.29, 0.717) is 6.20 Å². The van der Waals surface area contributed by atoms with E-state index in [1.807, 2.05) is 0 Å². The predicted molar refractivity (Wildman–Crippen MR) is 49.7 cm³/mol. The maximum absolute atomic E-state index is 12.3. The molecule has 0 unspecified atom stereocenters. The van der Waals surface area contributed by atoms with Crippen molar-refractivity contribution in [1.82, 2.24) is 4.98 Å². The normalized spacial score (nSPS) is 11.0. The largest absolute Gasteiger partial charge is 0.468 e. The molecular formula is C9H9F3N2O2. The van der Waals surface area contributed by atoms with Crippen LogP contribution >= 0.6 is 0 Å². The Bertz CT molecular complexity index is 379. The fraction of sp³-hybridized carbons (Fsp3) is 0.333. The number of nitrogens with zero attached hydrogens (tertiary/aromatic N) is 1. The van der Waals surface area contributed by atoms with Crippen LogP contribution in [-0.2, 0) is 15.7 Å². The summed E-state index contributed by atoms with van der Waals surface area (Å²) in [6, 6.07) is 0.871. The van der Waals surface area contributed by atoms with E-state index < -0.39 is 17.7 Å². The predicted octanol–water partition coefficient (Wildman–Crippen LogP) is 1.69. The minimum Gasteiger partial charge on any atom is -0.468 e. The SMILES string of the molecule is COC(=O)CNc1cncc(C(F)(F)F)c1. The van der Waals surface area contributed by atoms with Crippen molar-refractivity contribution in [3.8, 4) is 0 Å². The molecule has 0 atom stereocenters. The minimum absolute atomic E-state index is 0.111. The van der Waals surface area contributed by atoms with E-state index in [9.17, 15) is 18.0 Å². The summed E-state index contributed by atoms with van der Waals surface area (Å²) in [7, 11) is 1.19. The lowest BCUT2D eigenvalue weighted by Crippen LogP contribution is -2.15. The Kier molecular flexibility index (Phi) is 3.70. The molecule has 1 heterocycles. The zero-order chi connectivity index (χ0) is 12.2. The van der Waals surface area contributed by atoms with E-state index >= 15 is 0 Å². The molecule has 88 valence electrons. The lowest BCUT2D eigenvalue weighted by atomic mass is 10.2. The summed E-state index contributed by atoms with van der Waals surface area (Å²) in [6.45, 7) is -0.209. The van der Waals surface area contributed by atoms with Crippen molar-refractivity contribution in [2.45, 2.75) is 6.18 Å². The molecule has 0 aromatic carbocycles. The first-order valence-electron chi connectivity index (χ1n) is 4.26. The van der Waals surface area contributed by atoms with Crippen LogP contribution in [0.4, 0.5) is 18.9 Å². The van der Waals surface area contributed by atoms with Crippen molar-refractivity contribution < 1.29 is 22.7 Å². The molecule has 0 amide bonds. The number of ether oxygens (including phenoxy) is 1.